The van der Waals surface area contributed by atoms with Crippen LogP contribution in [-0.4, -0.2) is 8.76 Å². The Morgan fingerprint density at radius 2 is 1.67 bits per heavy atom. The second-order valence-electron chi connectivity index (χ2n) is 2.83. The molecule has 0 fully saturated rings. The third kappa shape index (κ3) is 2.70. The first-order valence-electron chi connectivity index (χ1n) is 3.96. The maximum absolute atomic E-state index is 10.9. The van der Waals surface area contributed by atoms with E-state index < -0.39 is 11.1 Å². The van der Waals surface area contributed by atoms with Crippen LogP contribution in [-0.2, 0) is 11.1 Å². The molecule has 15 heavy (non-hydrogen) atoms. The maximum atomic E-state index is 10.9. The van der Waals surface area contributed by atoms with Gasteiger partial charge in [0.1, 0.15) is 0 Å². The van der Waals surface area contributed by atoms with E-state index in [9.17, 15) is 8.76 Å². The van der Waals surface area contributed by atoms with Gasteiger partial charge >= 0.3 is 29.6 Å². The van der Waals surface area contributed by atoms with Crippen LogP contribution in [0.5, 0.6) is 0 Å². The van der Waals surface area contributed by atoms with E-state index in [0.717, 1.165) is 15.2 Å². The van der Waals surface area contributed by atoms with E-state index >= 15 is 0 Å². The van der Waals surface area contributed by atoms with E-state index in [1.54, 1.807) is 18.2 Å². The molecule has 0 radical (unpaired) electrons. The third-order valence-electron chi connectivity index (χ3n) is 2.01. The Kier molecular flexibility index (Phi) is 4.96. The molecule has 0 aromatic heterocycles. The molecule has 0 spiro atoms. The molecule has 0 N–H and O–H groups in total. The molecular weight excluding hydrogens is 287 g/mol. The zero-order valence-corrected chi connectivity index (χ0v) is 12.5. The zero-order valence-electron chi connectivity index (χ0n) is 8.07. The standard InChI is InChI=1S/C10H7BrO2S.Na/c11-9-5-1-4-8-7(9)3-2-6-10(8)14(12)13;/h1-6H,(H,12,13);/q;+1/p-1. The van der Waals surface area contributed by atoms with E-state index in [1.165, 1.54) is 0 Å². The predicted octanol–water partition coefficient (Wildman–Crippen LogP) is -0.156. The summed E-state index contributed by atoms with van der Waals surface area (Å²) < 4.78 is 22.7. The predicted molar refractivity (Wildman–Crippen MR) is 58.8 cm³/mol. The molecule has 0 aliphatic rings. The van der Waals surface area contributed by atoms with Gasteiger partial charge in [0.25, 0.3) is 0 Å². The molecule has 0 aliphatic carbocycles. The van der Waals surface area contributed by atoms with Crippen LogP contribution in [0.25, 0.3) is 10.8 Å². The van der Waals surface area contributed by atoms with Crippen molar-refractivity contribution in [2.75, 3.05) is 0 Å². The van der Waals surface area contributed by atoms with E-state index in [2.05, 4.69) is 15.9 Å². The molecule has 1 atom stereocenters. The normalized spacial score (nSPS) is 12.1. The van der Waals surface area contributed by atoms with Crippen molar-refractivity contribution in [2.45, 2.75) is 4.90 Å². The molecule has 5 heteroatoms. The van der Waals surface area contributed by atoms with Crippen molar-refractivity contribution in [3.63, 3.8) is 0 Å². The summed E-state index contributed by atoms with van der Waals surface area (Å²) in [4.78, 5) is 0.337. The summed E-state index contributed by atoms with van der Waals surface area (Å²) in [6.07, 6.45) is 0. The van der Waals surface area contributed by atoms with Gasteiger partial charge in [-0.2, -0.15) is 0 Å². The van der Waals surface area contributed by atoms with Crippen LogP contribution in [0, 0.1) is 0 Å². The summed E-state index contributed by atoms with van der Waals surface area (Å²) >= 11 is 1.20. The average Bonchev–Trinajstić information content (AvgIpc) is 2.17. The second-order valence-corrected chi connectivity index (χ2v) is 4.59. The summed E-state index contributed by atoms with van der Waals surface area (Å²) in [7, 11) is 0. The zero-order chi connectivity index (χ0) is 10.1. The van der Waals surface area contributed by atoms with Gasteiger partial charge in [-0.15, -0.1) is 0 Å². The molecule has 0 saturated heterocycles. The van der Waals surface area contributed by atoms with E-state index in [1.807, 2.05) is 18.2 Å². The fourth-order valence-electron chi connectivity index (χ4n) is 1.39. The van der Waals surface area contributed by atoms with Crippen LogP contribution >= 0.6 is 15.9 Å². The van der Waals surface area contributed by atoms with Gasteiger partial charge < -0.3 is 4.55 Å². The van der Waals surface area contributed by atoms with Crippen LogP contribution in [0.4, 0.5) is 0 Å². The first-order valence-corrected chi connectivity index (χ1v) is 5.83. The van der Waals surface area contributed by atoms with Crippen molar-refractivity contribution in [3.8, 4) is 0 Å². The molecule has 0 heterocycles. The molecule has 2 rings (SSSR count). The topological polar surface area (TPSA) is 40.1 Å². The molecular formula is C10H6BrNaO2S. The minimum Gasteiger partial charge on any atom is -0.768 e. The van der Waals surface area contributed by atoms with Crippen LogP contribution < -0.4 is 29.6 Å². The third-order valence-corrected chi connectivity index (χ3v) is 3.42. The Morgan fingerprint density at radius 3 is 2.33 bits per heavy atom. The van der Waals surface area contributed by atoms with Crippen molar-refractivity contribution < 1.29 is 38.3 Å². The first-order chi connectivity index (χ1) is 6.70. The summed E-state index contributed by atoms with van der Waals surface area (Å²) in [6, 6.07) is 10.7. The Morgan fingerprint density at radius 1 is 1.07 bits per heavy atom. The number of hydrogen-bond acceptors (Lipinski definition) is 2. The van der Waals surface area contributed by atoms with E-state index in [0.29, 0.717) is 4.90 Å². The Labute approximate surface area is 121 Å². The molecule has 2 aromatic rings. The van der Waals surface area contributed by atoms with Crippen molar-refractivity contribution in [3.05, 3.63) is 40.9 Å². The fourth-order valence-corrected chi connectivity index (χ4v) is 2.43. The van der Waals surface area contributed by atoms with Gasteiger partial charge in [-0.25, -0.2) is 0 Å². The van der Waals surface area contributed by atoms with Crippen LogP contribution in [0.2, 0.25) is 0 Å². The summed E-state index contributed by atoms with van der Waals surface area (Å²) in [5.41, 5.74) is 0. The number of rotatable bonds is 1. The number of hydrogen-bond donors (Lipinski definition) is 0. The van der Waals surface area contributed by atoms with Gasteiger partial charge in [-0.05, 0) is 34.0 Å². The van der Waals surface area contributed by atoms with Crippen molar-refractivity contribution in [1.82, 2.24) is 0 Å². The number of halogens is 1. The fraction of sp³-hybridized carbons (Fsp3) is 0. The molecule has 0 bridgehead atoms. The molecule has 72 valence electrons. The van der Waals surface area contributed by atoms with Crippen LogP contribution in [0.3, 0.4) is 0 Å². The SMILES string of the molecule is O=S([O-])c1cccc2c(Br)cccc12.[Na+]. The maximum Gasteiger partial charge on any atom is 1.00 e. The van der Waals surface area contributed by atoms with Crippen molar-refractivity contribution in [2.24, 2.45) is 0 Å². The van der Waals surface area contributed by atoms with Gasteiger partial charge in [0, 0.05) is 9.37 Å². The molecule has 2 aromatic carbocycles. The van der Waals surface area contributed by atoms with Crippen LogP contribution in [0.15, 0.2) is 45.8 Å². The average molecular weight is 293 g/mol. The van der Waals surface area contributed by atoms with Gasteiger partial charge in [0.15, 0.2) is 0 Å². The van der Waals surface area contributed by atoms with Gasteiger partial charge in [-0.1, -0.05) is 40.2 Å². The Bertz CT molecular complexity index is 516. The molecule has 2 nitrogen and oxygen atoms in total. The molecule has 0 saturated carbocycles. The monoisotopic (exact) mass is 292 g/mol. The Hall–Kier alpha value is 0.290. The van der Waals surface area contributed by atoms with Crippen molar-refractivity contribution in [1.29, 1.82) is 0 Å². The van der Waals surface area contributed by atoms with Gasteiger partial charge in [0.05, 0.1) is 0 Å². The largest absolute Gasteiger partial charge is 1.00 e. The summed E-state index contributed by atoms with van der Waals surface area (Å²) in [5, 5.41) is 1.66. The van der Waals surface area contributed by atoms with E-state index in [-0.39, 0.29) is 29.6 Å². The number of fused-ring (bicyclic) bond motifs is 1. The first kappa shape index (κ1) is 13.4. The van der Waals surface area contributed by atoms with Crippen molar-refractivity contribution >= 4 is 37.8 Å². The molecule has 1 unspecified atom stereocenters. The summed E-state index contributed by atoms with van der Waals surface area (Å²) in [6.45, 7) is 0. The van der Waals surface area contributed by atoms with Crippen LogP contribution in [0.1, 0.15) is 0 Å². The van der Waals surface area contributed by atoms with Gasteiger partial charge in [-0.3, -0.25) is 4.21 Å². The molecule has 0 aliphatic heterocycles. The second kappa shape index (κ2) is 5.57. The van der Waals surface area contributed by atoms with Gasteiger partial charge in [0.2, 0.25) is 0 Å². The summed E-state index contributed by atoms with van der Waals surface area (Å²) in [5.74, 6) is 0. The smallest absolute Gasteiger partial charge is 0.768 e. The van der Waals surface area contributed by atoms with E-state index in [4.69, 9.17) is 0 Å². The quantitative estimate of drug-likeness (QED) is 0.542. The molecule has 0 amide bonds. The minimum absolute atomic E-state index is 0. The minimum atomic E-state index is -2.18. The Balaban J connectivity index is 0.00000112. The number of benzene rings is 2.